The second-order valence-electron chi connectivity index (χ2n) is 16.8. The molecule has 0 saturated carbocycles. The van der Waals surface area contributed by atoms with E-state index >= 15 is 0 Å². The van der Waals surface area contributed by atoms with Crippen molar-refractivity contribution in [3.63, 3.8) is 0 Å². The van der Waals surface area contributed by atoms with Gasteiger partial charge in [0.15, 0.2) is 5.79 Å². The summed E-state index contributed by atoms with van der Waals surface area (Å²) in [6.45, 7) is 2.24. The van der Waals surface area contributed by atoms with Gasteiger partial charge in [-0.15, -0.1) is 0 Å². The van der Waals surface area contributed by atoms with Crippen LogP contribution in [0.1, 0.15) is 18.5 Å². The molecular weight excluding hydrogens is 765 g/mol. The molecule has 0 spiro atoms. The molecule has 0 aliphatic carbocycles. The van der Waals surface area contributed by atoms with Crippen molar-refractivity contribution >= 4 is 43.6 Å². The molecule has 12 rings (SSSR count). The molecule has 9 aromatic carbocycles. The third-order valence-electron chi connectivity index (χ3n) is 13.0. The maximum Gasteiger partial charge on any atom is 0.168 e. The van der Waals surface area contributed by atoms with E-state index in [-0.39, 0.29) is 6.04 Å². The Kier molecular flexibility index (Phi) is 8.73. The number of para-hydroxylation sites is 2. The minimum Gasteiger partial charge on any atom is -0.357 e. The van der Waals surface area contributed by atoms with Gasteiger partial charge in [0.25, 0.3) is 0 Å². The Labute approximate surface area is 367 Å². The summed E-state index contributed by atoms with van der Waals surface area (Å²) in [6.07, 6.45) is 4.33. The first-order chi connectivity index (χ1) is 31.1. The Morgan fingerprint density at radius 3 is 1.49 bits per heavy atom. The quantitative estimate of drug-likeness (QED) is 0.168. The fourth-order valence-corrected chi connectivity index (χ4v) is 9.92. The van der Waals surface area contributed by atoms with E-state index in [0.29, 0.717) is 0 Å². The fourth-order valence-electron chi connectivity index (χ4n) is 9.92. The molecule has 0 radical (unpaired) electrons. The minimum atomic E-state index is -0.615. The highest BCUT2D eigenvalue weighted by molar-refractivity contribution is 6.12. The van der Waals surface area contributed by atoms with Crippen LogP contribution in [-0.4, -0.2) is 9.13 Å². The van der Waals surface area contributed by atoms with E-state index in [1.807, 2.05) is 0 Å². The number of hydrogen-bond donors (Lipinski definition) is 2. The molecule has 0 fully saturated rings. The summed E-state index contributed by atoms with van der Waals surface area (Å²) in [6, 6.07) is 79.3. The summed E-state index contributed by atoms with van der Waals surface area (Å²) in [7, 11) is 0. The smallest absolute Gasteiger partial charge is 0.168 e. The Bertz CT molecular complexity index is 3510. The van der Waals surface area contributed by atoms with Crippen LogP contribution in [0.3, 0.4) is 0 Å². The summed E-state index contributed by atoms with van der Waals surface area (Å²) in [5.74, 6) is -0.615. The van der Waals surface area contributed by atoms with Gasteiger partial charge >= 0.3 is 0 Å². The molecule has 4 heteroatoms. The normalized spacial score (nSPS) is 16.2. The number of nitrogens with one attached hydrogen (secondary N) is 2. The highest BCUT2D eigenvalue weighted by atomic mass is 15.4. The maximum atomic E-state index is 4.02. The van der Waals surface area contributed by atoms with Crippen LogP contribution < -0.4 is 10.6 Å². The van der Waals surface area contributed by atoms with E-state index in [4.69, 9.17) is 0 Å². The third kappa shape index (κ3) is 6.34. The van der Waals surface area contributed by atoms with Gasteiger partial charge in [0.05, 0.1) is 28.1 Å². The summed E-state index contributed by atoms with van der Waals surface area (Å²) in [5, 5.41) is 12.7. The summed E-state index contributed by atoms with van der Waals surface area (Å²) >= 11 is 0. The molecular formula is C59H44N4. The molecule has 3 heterocycles. The highest BCUT2D eigenvalue weighted by Gasteiger charge is 2.33. The fraction of sp³-hybridized carbons (Fsp3) is 0.0508. The lowest BCUT2D eigenvalue weighted by molar-refractivity contribution is 0.193. The monoisotopic (exact) mass is 808 g/mol. The van der Waals surface area contributed by atoms with E-state index < -0.39 is 5.79 Å². The lowest BCUT2D eigenvalue weighted by Gasteiger charge is -2.40. The van der Waals surface area contributed by atoms with Gasteiger partial charge < -0.3 is 14.5 Å². The number of benzene rings is 9. The molecule has 2 aromatic heterocycles. The van der Waals surface area contributed by atoms with Crippen molar-refractivity contribution < 1.29 is 0 Å². The minimum absolute atomic E-state index is 0.00839. The van der Waals surface area contributed by atoms with Crippen LogP contribution in [0.5, 0.6) is 0 Å². The van der Waals surface area contributed by atoms with Crippen LogP contribution in [0, 0.1) is 0 Å². The first-order valence-corrected chi connectivity index (χ1v) is 21.8. The predicted octanol–water partition coefficient (Wildman–Crippen LogP) is 14.6. The van der Waals surface area contributed by atoms with Crippen molar-refractivity contribution in [3.05, 3.63) is 236 Å². The largest absolute Gasteiger partial charge is 0.357 e. The standard InChI is InChI=1S/C59H44N4/c1-59(60-36-35-54(61-59)48-18-12-17-45(37-48)44-25-23-42(24-26-44)40-13-4-2-5-14-40)63-57-22-11-9-20-51(57)53-39-47(30-34-58(53)63)46-29-33-56-52(38-46)50-19-8-10-21-55(50)62(56)49-31-27-43(28-32-49)41-15-6-3-7-16-41/h2-39,54,60-61H,1H3. The van der Waals surface area contributed by atoms with Crippen LogP contribution >= 0.6 is 0 Å². The van der Waals surface area contributed by atoms with E-state index in [2.05, 4.69) is 257 Å². The Hall–Kier alpha value is -7.92. The van der Waals surface area contributed by atoms with Gasteiger partial charge in [-0.05, 0) is 124 Å². The van der Waals surface area contributed by atoms with Gasteiger partial charge in [-0.1, -0.05) is 164 Å². The Balaban J connectivity index is 0.888. The average molecular weight is 809 g/mol. The molecule has 4 nitrogen and oxygen atoms in total. The number of aromatic nitrogens is 2. The van der Waals surface area contributed by atoms with Crippen molar-refractivity contribution in [3.8, 4) is 50.2 Å². The lowest BCUT2D eigenvalue weighted by atomic mass is 9.96. The second kappa shape index (κ2) is 14.9. The van der Waals surface area contributed by atoms with Crippen molar-refractivity contribution in [2.75, 3.05) is 0 Å². The predicted molar refractivity (Wildman–Crippen MR) is 264 cm³/mol. The topological polar surface area (TPSA) is 33.9 Å². The molecule has 2 unspecified atom stereocenters. The van der Waals surface area contributed by atoms with Crippen molar-refractivity contribution in [1.82, 2.24) is 19.8 Å². The number of nitrogens with zero attached hydrogens (tertiary/aromatic N) is 2. The van der Waals surface area contributed by atoms with Crippen LogP contribution in [0.2, 0.25) is 0 Å². The third-order valence-corrected chi connectivity index (χ3v) is 13.0. The van der Waals surface area contributed by atoms with Crippen LogP contribution in [0.15, 0.2) is 231 Å². The first kappa shape index (κ1) is 36.9. The van der Waals surface area contributed by atoms with E-state index in [0.717, 1.165) is 5.69 Å². The average Bonchev–Trinajstić information content (AvgIpc) is 3.87. The molecule has 63 heavy (non-hydrogen) atoms. The summed E-state index contributed by atoms with van der Waals surface area (Å²) in [4.78, 5) is 0. The Morgan fingerprint density at radius 1 is 0.381 bits per heavy atom. The van der Waals surface area contributed by atoms with Crippen molar-refractivity contribution in [1.29, 1.82) is 0 Å². The SMILES string of the molecule is CC1(n2c3ccccc3c3cc(-c4ccc5c(c4)c4ccccc4n5-c4ccc(-c5ccccc5)cc4)ccc32)NC=CC(c2cccc(-c3ccc(-c4ccccc4)cc3)c2)N1. The Morgan fingerprint density at radius 2 is 0.825 bits per heavy atom. The highest BCUT2D eigenvalue weighted by Crippen LogP contribution is 2.40. The molecule has 300 valence electrons. The van der Waals surface area contributed by atoms with E-state index in [1.165, 1.54) is 93.7 Å². The van der Waals surface area contributed by atoms with Gasteiger partial charge in [0.1, 0.15) is 0 Å². The van der Waals surface area contributed by atoms with Gasteiger partial charge in [0.2, 0.25) is 0 Å². The molecule has 0 bridgehead atoms. The van der Waals surface area contributed by atoms with Gasteiger partial charge in [-0.2, -0.15) is 0 Å². The molecule has 2 atom stereocenters. The lowest BCUT2D eigenvalue weighted by Crippen LogP contribution is -2.57. The maximum absolute atomic E-state index is 4.02. The molecule has 0 saturated heterocycles. The molecule has 11 aromatic rings. The van der Waals surface area contributed by atoms with Crippen LogP contribution in [0.25, 0.3) is 93.8 Å². The zero-order chi connectivity index (χ0) is 41.9. The van der Waals surface area contributed by atoms with Crippen molar-refractivity contribution in [2.45, 2.75) is 18.8 Å². The zero-order valence-electron chi connectivity index (χ0n) is 34.9. The number of hydrogen-bond acceptors (Lipinski definition) is 2. The van der Waals surface area contributed by atoms with E-state index in [1.54, 1.807) is 0 Å². The first-order valence-electron chi connectivity index (χ1n) is 21.8. The van der Waals surface area contributed by atoms with Crippen LogP contribution in [-0.2, 0) is 5.79 Å². The summed E-state index contributed by atoms with van der Waals surface area (Å²) in [5.41, 5.74) is 16.8. The van der Waals surface area contributed by atoms with Gasteiger partial charge in [-0.25, -0.2) is 0 Å². The molecule has 1 aliphatic rings. The van der Waals surface area contributed by atoms with Crippen LogP contribution in [0.4, 0.5) is 0 Å². The number of rotatable bonds is 7. The molecule has 1 aliphatic heterocycles. The van der Waals surface area contributed by atoms with Crippen molar-refractivity contribution in [2.24, 2.45) is 0 Å². The zero-order valence-corrected chi connectivity index (χ0v) is 34.9. The second-order valence-corrected chi connectivity index (χ2v) is 16.8. The van der Waals surface area contributed by atoms with Gasteiger partial charge in [0, 0.05) is 27.2 Å². The van der Waals surface area contributed by atoms with E-state index in [9.17, 15) is 0 Å². The van der Waals surface area contributed by atoms with Gasteiger partial charge in [-0.3, -0.25) is 5.32 Å². The molecule has 0 amide bonds. The number of fused-ring (bicyclic) bond motifs is 6. The summed E-state index contributed by atoms with van der Waals surface area (Å²) < 4.78 is 4.83. The molecule has 2 N–H and O–H groups in total.